The quantitative estimate of drug-likeness (QED) is 0.383. The highest BCUT2D eigenvalue weighted by Crippen LogP contribution is 2.26. The van der Waals surface area contributed by atoms with E-state index in [1.807, 2.05) is 72.8 Å². The average molecular weight is 421 g/mol. The van der Waals surface area contributed by atoms with Gasteiger partial charge in [-0.3, -0.25) is 9.36 Å². The molecule has 0 fully saturated rings. The molecule has 0 aliphatic rings. The fourth-order valence-electron chi connectivity index (χ4n) is 3.88. The molecule has 5 aromatic rings. The Morgan fingerprint density at radius 1 is 0.750 bits per heavy atom. The summed E-state index contributed by atoms with van der Waals surface area (Å²) in [6.45, 7) is 0. The van der Waals surface area contributed by atoms with Crippen LogP contribution in [-0.4, -0.2) is 9.55 Å². The Labute approximate surface area is 184 Å². The van der Waals surface area contributed by atoms with Gasteiger partial charge in [0.05, 0.1) is 23.3 Å². The summed E-state index contributed by atoms with van der Waals surface area (Å²) in [5, 5.41) is 3.73. The number of rotatable bonds is 5. The lowest BCUT2D eigenvalue weighted by Crippen LogP contribution is -2.26. The lowest BCUT2D eigenvalue weighted by atomic mass is 9.98. The average Bonchev–Trinajstić information content (AvgIpc) is 2.84. The second kappa shape index (κ2) is 8.47. The second-order valence-corrected chi connectivity index (χ2v) is 7.54. The van der Waals surface area contributed by atoms with Gasteiger partial charge in [0.1, 0.15) is 5.82 Å². The van der Waals surface area contributed by atoms with Crippen molar-refractivity contribution in [3.63, 3.8) is 0 Å². The highest BCUT2D eigenvalue weighted by atomic mass is 19.1. The minimum Gasteiger partial charge on any atom is -0.356 e. The maximum absolute atomic E-state index is 13.6. The molecule has 0 radical (unpaired) electrons. The molecule has 0 bridgehead atoms. The molecule has 156 valence electrons. The zero-order valence-corrected chi connectivity index (χ0v) is 17.2. The van der Waals surface area contributed by atoms with E-state index in [1.54, 1.807) is 29.1 Å². The molecule has 0 unspecified atom stereocenters. The summed E-state index contributed by atoms with van der Waals surface area (Å²) in [5.74, 6) is -0.297. The predicted molar refractivity (Wildman–Crippen MR) is 126 cm³/mol. The summed E-state index contributed by atoms with van der Waals surface area (Å²) >= 11 is 0. The third kappa shape index (κ3) is 3.88. The van der Waals surface area contributed by atoms with Crippen molar-refractivity contribution in [3.05, 3.63) is 137 Å². The molecule has 0 aliphatic heterocycles. The van der Waals surface area contributed by atoms with Crippen LogP contribution in [0.25, 0.3) is 10.9 Å². The smallest absolute Gasteiger partial charge is 0.262 e. The molecule has 1 aromatic heterocycles. The van der Waals surface area contributed by atoms with E-state index in [0.29, 0.717) is 10.9 Å². The van der Waals surface area contributed by atoms with E-state index in [9.17, 15) is 9.18 Å². The van der Waals surface area contributed by atoms with Crippen LogP contribution in [0.15, 0.2) is 114 Å². The summed E-state index contributed by atoms with van der Waals surface area (Å²) < 4.78 is 14.9. The standard InChI is InChI=1S/C27H20FN3O/c28-21-11-13-22(14-12-21)30-23-15-16-25-24(17-23)27(32)31(18-29-25)26(19-7-3-1-4-8-19)20-9-5-2-6-10-20/h1-18,26,30H. The Bertz CT molecular complexity index is 1380. The van der Waals surface area contributed by atoms with Crippen molar-refractivity contribution in [1.82, 2.24) is 9.55 Å². The molecule has 5 rings (SSSR count). The zero-order chi connectivity index (χ0) is 21.9. The molecule has 0 amide bonds. The number of aromatic nitrogens is 2. The number of hydrogen-bond donors (Lipinski definition) is 1. The highest BCUT2D eigenvalue weighted by molar-refractivity contribution is 5.82. The van der Waals surface area contributed by atoms with Crippen molar-refractivity contribution in [2.24, 2.45) is 0 Å². The van der Waals surface area contributed by atoms with E-state index in [-0.39, 0.29) is 17.4 Å². The lowest BCUT2D eigenvalue weighted by molar-refractivity contribution is 0.628. The van der Waals surface area contributed by atoms with Gasteiger partial charge in [-0.1, -0.05) is 60.7 Å². The van der Waals surface area contributed by atoms with Gasteiger partial charge in [0, 0.05) is 11.4 Å². The second-order valence-electron chi connectivity index (χ2n) is 7.54. The molecule has 0 saturated heterocycles. The molecule has 1 N–H and O–H groups in total. The van der Waals surface area contributed by atoms with Crippen LogP contribution in [-0.2, 0) is 0 Å². The van der Waals surface area contributed by atoms with Gasteiger partial charge in [0.2, 0.25) is 0 Å². The predicted octanol–water partition coefficient (Wildman–Crippen LogP) is 5.92. The van der Waals surface area contributed by atoms with E-state index in [0.717, 1.165) is 22.5 Å². The van der Waals surface area contributed by atoms with Gasteiger partial charge < -0.3 is 5.32 Å². The first-order valence-corrected chi connectivity index (χ1v) is 10.3. The Hall–Kier alpha value is -4.25. The normalized spacial score (nSPS) is 11.1. The first-order valence-electron chi connectivity index (χ1n) is 10.3. The van der Waals surface area contributed by atoms with Crippen LogP contribution in [0.1, 0.15) is 17.2 Å². The molecule has 4 aromatic carbocycles. The van der Waals surface area contributed by atoms with E-state index in [2.05, 4.69) is 10.3 Å². The number of fused-ring (bicyclic) bond motifs is 1. The SMILES string of the molecule is O=c1c2cc(Nc3ccc(F)cc3)ccc2ncn1C(c1ccccc1)c1ccccc1. The number of hydrogen-bond acceptors (Lipinski definition) is 3. The topological polar surface area (TPSA) is 46.9 Å². The summed E-state index contributed by atoms with van der Waals surface area (Å²) in [5.41, 5.74) is 3.97. The van der Waals surface area contributed by atoms with Gasteiger partial charge >= 0.3 is 0 Å². The molecular formula is C27H20FN3O. The van der Waals surface area contributed by atoms with Crippen LogP contribution in [0.5, 0.6) is 0 Å². The largest absolute Gasteiger partial charge is 0.356 e. The summed E-state index contributed by atoms with van der Waals surface area (Å²) in [4.78, 5) is 18.2. The minimum absolute atomic E-state index is 0.129. The molecule has 0 atom stereocenters. The third-order valence-electron chi connectivity index (χ3n) is 5.42. The Kier molecular flexibility index (Phi) is 5.22. The molecule has 32 heavy (non-hydrogen) atoms. The summed E-state index contributed by atoms with van der Waals surface area (Å²) in [6, 6.07) is 31.1. The number of halogens is 1. The van der Waals surface area contributed by atoms with Crippen molar-refractivity contribution in [2.45, 2.75) is 6.04 Å². The van der Waals surface area contributed by atoms with Gasteiger partial charge in [0.25, 0.3) is 5.56 Å². The first-order chi connectivity index (χ1) is 15.7. The number of anilines is 2. The van der Waals surface area contributed by atoms with Gasteiger partial charge in [-0.05, 0) is 53.6 Å². The molecule has 4 nitrogen and oxygen atoms in total. The van der Waals surface area contributed by atoms with E-state index in [4.69, 9.17) is 0 Å². The van der Waals surface area contributed by atoms with Crippen molar-refractivity contribution < 1.29 is 4.39 Å². The van der Waals surface area contributed by atoms with Crippen LogP contribution >= 0.6 is 0 Å². The van der Waals surface area contributed by atoms with E-state index < -0.39 is 0 Å². The maximum Gasteiger partial charge on any atom is 0.262 e. The van der Waals surface area contributed by atoms with Crippen LogP contribution in [0.4, 0.5) is 15.8 Å². The lowest BCUT2D eigenvalue weighted by Gasteiger charge is -2.21. The van der Waals surface area contributed by atoms with E-state index >= 15 is 0 Å². The van der Waals surface area contributed by atoms with Crippen LogP contribution in [0.2, 0.25) is 0 Å². The molecule has 1 heterocycles. The summed E-state index contributed by atoms with van der Waals surface area (Å²) in [7, 11) is 0. The van der Waals surface area contributed by atoms with Crippen molar-refractivity contribution in [2.75, 3.05) is 5.32 Å². The monoisotopic (exact) mass is 421 g/mol. The van der Waals surface area contributed by atoms with Gasteiger partial charge in [0.15, 0.2) is 0 Å². The minimum atomic E-state index is -0.297. The maximum atomic E-state index is 13.6. The Morgan fingerprint density at radius 3 is 1.97 bits per heavy atom. The number of nitrogens with one attached hydrogen (secondary N) is 1. The van der Waals surface area contributed by atoms with Gasteiger partial charge in [-0.2, -0.15) is 0 Å². The fourth-order valence-corrected chi connectivity index (χ4v) is 3.88. The van der Waals surface area contributed by atoms with Crippen molar-refractivity contribution >= 4 is 22.3 Å². The fraction of sp³-hybridized carbons (Fsp3) is 0.0370. The van der Waals surface area contributed by atoms with Gasteiger partial charge in [-0.25, -0.2) is 9.37 Å². The molecule has 0 spiro atoms. The number of nitrogens with zero attached hydrogens (tertiary/aromatic N) is 2. The van der Waals surface area contributed by atoms with Crippen LogP contribution < -0.4 is 10.9 Å². The molecule has 0 aliphatic carbocycles. The summed E-state index contributed by atoms with van der Waals surface area (Å²) in [6.07, 6.45) is 1.61. The third-order valence-corrected chi connectivity index (χ3v) is 5.42. The molecule has 5 heteroatoms. The molecule has 0 saturated carbocycles. The first kappa shape index (κ1) is 19.7. The Balaban J connectivity index is 1.62. The van der Waals surface area contributed by atoms with Crippen molar-refractivity contribution in [3.8, 4) is 0 Å². The van der Waals surface area contributed by atoms with Crippen LogP contribution in [0.3, 0.4) is 0 Å². The van der Waals surface area contributed by atoms with Gasteiger partial charge in [-0.15, -0.1) is 0 Å². The highest BCUT2D eigenvalue weighted by Gasteiger charge is 2.19. The zero-order valence-electron chi connectivity index (χ0n) is 17.2. The number of benzene rings is 4. The molecular weight excluding hydrogens is 401 g/mol. The van der Waals surface area contributed by atoms with E-state index in [1.165, 1.54) is 12.1 Å². The Morgan fingerprint density at radius 2 is 1.34 bits per heavy atom. The van der Waals surface area contributed by atoms with Crippen LogP contribution in [0, 0.1) is 5.82 Å². The van der Waals surface area contributed by atoms with Crippen molar-refractivity contribution in [1.29, 1.82) is 0 Å².